The first-order valence-corrected chi connectivity index (χ1v) is 7.97. The maximum absolute atomic E-state index is 13.1. The van der Waals surface area contributed by atoms with Crippen LogP contribution in [0.2, 0.25) is 5.02 Å². The number of nitrogens with two attached hydrogens (primary N) is 1. The largest absolute Gasteiger partial charge is 0.330 e. The van der Waals surface area contributed by atoms with Gasteiger partial charge in [-0.25, -0.2) is 4.39 Å². The van der Waals surface area contributed by atoms with Gasteiger partial charge < -0.3 is 5.73 Å². The van der Waals surface area contributed by atoms with Crippen molar-refractivity contribution >= 4 is 43.4 Å². The highest BCUT2D eigenvalue weighted by atomic mass is 79.9. The van der Waals surface area contributed by atoms with Crippen LogP contribution in [0.1, 0.15) is 6.42 Å². The van der Waals surface area contributed by atoms with Crippen LogP contribution < -0.4 is 10.5 Å². The fourth-order valence-electron chi connectivity index (χ4n) is 1.28. The lowest BCUT2D eigenvalue weighted by atomic mass is 10.3. The molecule has 19 heavy (non-hydrogen) atoms. The van der Waals surface area contributed by atoms with Gasteiger partial charge in [-0.15, -0.1) is 0 Å². The number of benzene rings is 1. The fourth-order valence-corrected chi connectivity index (χ4v) is 3.37. The van der Waals surface area contributed by atoms with Gasteiger partial charge in [-0.3, -0.25) is 4.72 Å². The molecular formula is C10H14BrClFN3O2S. The molecule has 0 atom stereocenters. The first-order chi connectivity index (χ1) is 8.77. The van der Waals surface area contributed by atoms with Gasteiger partial charge in [-0.2, -0.15) is 12.7 Å². The van der Waals surface area contributed by atoms with Crippen molar-refractivity contribution < 1.29 is 12.8 Å². The lowest BCUT2D eigenvalue weighted by Gasteiger charge is -2.19. The van der Waals surface area contributed by atoms with E-state index in [9.17, 15) is 12.8 Å². The summed E-state index contributed by atoms with van der Waals surface area (Å²) >= 11 is 8.88. The first-order valence-electron chi connectivity index (χ1n) is 5.36. The summed E-state index contributed by atoms with van der Waals surface area (Å²) in [6.07, 6.45) is 0.537. The van der Waals surface area contributed by atoms with Crippen LogP contribution in [-0.2, 0) is 10.2 Å². The second kappa shape index (κ2) is 6.85. The van der Waals surface area contributed by atoms with Gasteiger partial charge in [0.2, 0.25) is 0 Å². The minimum atomic E-state index is -3.75. The Kier molecular flexibility index (Phi) is 6.00. The van der Waals surface area contributed by atoms with E-state index >= 15 is 0 Å². The zero-order chi connectivity index (χ0) is 14.6. The zero-order valence-corrected chi connectivity index (χ0v) is 13.3. The van der Waals surface area contributed by atoms with Crippen molar-refractivity contribution in [3.63, 3.8) is 0 Å². The molecule has 0 aliphatic carbocycles. The number of anilines is 1. The van der Waals surface area contributed by atoms with Gasteiger partial charge in [-0.05, 0) is 41.0 Å². The predicted molar refractivity (Wildman–Crippen MR) is 78.0 cm³/mol. The van der Waals surface area contributed by atoms with Crippen LogP contribution in [0.15, 0.2) is 16.6 Å². The van der Waals surface area contributed by atoms with E-state index in [4.69, 9.17) is 17.3 Å². The van der Waals surface area contributed by atoms with E-state index in [-0.39, 0.29) is 21.7 Å². The topological polar surface area (TPSA) is 75.4 Å². The Morgan fingerprint density at radius 3 is 2.68 bits per heavy atom. The van der Waals surface area contributed by atoms with Gasteiger partial charge in [0.25, 0.3) is 0 Å². The molecule has 1 aromatic rings. The molecule has 0 aromatic heterocycles. The Labute approximate surface area is 125 Å². The van der Waals surface area contributed by atoms with Gasteiger partial charge in [0, 0.05) is 18.1 Å². The minimum absolute atomic E-state index is 0.0253. The second-order valence-electron chi connectivity index (χ2n) is 3.82. The SMILES string of the molecule is CN(CCCN)S(=O)(=O)Nc1c(Cl)cc(F)cc1Br. The van der Waals surface area contributed by atoms with Crippen LogP contribution in [0.4, 0.5) is 10.1 Å². The van der Waals surface area contributed by atoms with E-state index in [2.05, 4.69) is 20.7 Å². The van der Waals surface area contributed by atoms with Crippen LogP contribution in [0.3, 0.4) is 0 Å². The molecule has 0 unspecified atom stereocenters. The molecule has 9 heteroatoms. The highest BCUT2D eigenvalue weighted by molar-refractivity contribution is 9.10. The van der Waals surface area contributed by atoms with Crippen LogP contribution in [-0.4, -0.2) is 32.9 Å². The predicted octanol–water partition coefficient (Wildman–Crippen LogP) is 2.18. The summed E-state index contributed by atoms with van der Waals surface area (Å²) in [5.74, 6) is -0.559. The maximum atomic E-state index is 13.1. The van der Waals surface area contributed by atoms with Crippen LogP contribution in [0.5, 0.6) is 0 Å². The molecular weight excluding hydrogens is 361 g/mol. The van der Waals surface area contributed by atoms with Crippen molar-refractivity contribution in [1.82, 2.24) is 4.31 Å². The van der Waals surface area contributed by atoms with Gasteiger partial charge >= 0.3 is 10.2 Å². The molecule has 108 valence electrons. The van der Waals surface area contributed by atoms with E-state index in [1.807, 2.05) is 0 Å². The molecule has 0 bridgehead atoms. The van der Waals surface area contributed by atoms with Crippen molar-refractivity contribution in [2.45, 2.75) is 6.42 Å². The molecule has 0 heterocycles. The number of nitrogens with one attached hydrogen (secondary N) is 1. The molecule has 3 N–H and O–H groups in total. The number of rotatable bonds is 6. The van der Waals surface area contributed by atoms with Crippen LogP contribution in [0, 0.1) is 5.82 Å². The van der Waals surface area contributed by atoms with E-state index in [1.54, 1.807) is 0 Å². The van der Waals surface area contributed by atoms with Gasteiger partial charge in [-0.1, -0.05) is 11.6 Å². The Bertz CT molecular complexity index is 533. The number of nitrogens with zero attached hydrogens (tertiary/aromatic N) is 1. The molecule has 0 fully saturated rings. The Morgan fingerprint density at radius 2 is 2.16 bits per heavy atom. The van der Waals surface area contributed by atoms with Crippen LogP contribution >= 0.6 is 27.5 Å². The van der Waals surface area contributed by atoms with E-state index in [1.165, 1.54) is 7.05 Å². The third-order valence-corrected chi connectivity index (χ3v) is 4.71. The molecule has 0 aliphatic rings. The average Bonchev–Trinajstić information content (AvgIpc) is 2.30. The monoisotopic (exact) mass is 373 g/mol. The summed E-state index contributed by atoms with van der Waals surface area (Å²) < 4.78 is 40.7. The van der Waals surface area contributed by atoms with E-state index < -0.39 is 16.0 Å². The summed E-state index contributed by atoms with van der Waals surface area (Å²) in [5, 5.41) is -0.0253. The second-order valence-corrected chi connectivity index (χ2v) is 6.85. The smallest absolute Gasteiger partial charge is 0.301 e. The number of hydrogen-bond donors (Lipinski definition) is 2. The molecule has 0 radical (unpaired) electrons. The Balaban J connectivity index is 2.96. The molecule has 1 aromatic carbocycles. The summed E-state index contributed by atoms with van der Waals surface area (Å²) in [6.45, 7) is 0.670. The summed E-state index contributed by atoms with van der Waals surface area (Å²) in [7, 11) is -2.33. The number of hydrogen-bond acceptors (Lipinski definition) is 3. The Morgan fingerprint density at radius 1 is 1.53 bits per heavy atom. The van der Waals surface area contributed by atoms with Crippen molar-refractivity contribution in [2.75, 3.05) is 24.9 Å². The molecule has 5 nitrogen and oxygen atoms in total. The zero-order valence-electron chi connectivity index (χ0n) is 10.2. The van der Waals surface area contributed by atoms with Crippen molar-refractivity contribution in [3.05, 3.63) is 27.4 Å². The van der Waals surface area contributed by atoms with Gasteiger partial charge in [0.1, 0.15) is 5.82 Å². The van der Waals surface area contributed by atoms with Crippen molar-refractivity contribution in [3.8, 4) is 0 Å². The molecule has 0 amide bonds. The summed E-state index contributed by atoms with van der Waals surface area (Å²) in [4.78, 5) is 0. The average molecular weight is 375 g/mol. The summed E-state index contributed by atoms with van der Waals surface area (Å²) in [6, 6.07) is 2.16. The lowest BCUT2D eigenvalue weighted by Crippen LogP contribution is -2.34. The van der Waals surface area contributed by atoms with E-state index in [0.29, 0.717) is 13.0 Å². The molecule has 0 aliphatic heterocycles. The highest BCUT2D eigenvalue weighted by Crippen LogP contribution is 2.32. The van der Waals surface area contributed by atoms with Gasteiger partial charge in [0.05, 0.1) is 10.7 Å². The third kappa shape index (κ3) is 4.57. The van der Waals surface area contributed by atoms with Gasteiger partial charge in [0.15, 0.2) is 0 Å². The quantitative estimate of drug-likeness (QED) is 0.801. The fraction of sp³-hybridized carbons (Fsp3) is 0.400. The Hall–Kier alpha value is -0.410. The van der Waals surface area contributed by atoms with E-state index in [0.717, 1.165) is 16.4 Å². The normalized spacial score (nSPS) is 11.9. The molecule has 0 saturated heterocycles. The van der Waals surface area contributed by atoms with Crippen molar-refractivity contribution in [1.29, 1.82) is 0 Å². The van der Waals surface area contributed by atoms with Crippen LogP contribution in [0.25, 0.3) is 0 Å². The van der Waals surface area contributed by atoms with Crippen molar-refractivity contribution in [2.24, 2.45) is 5.73 Å². The minimum Gasteiger partial charge on any atom is -0.330 e. The maximum Gasteiger partial charge on any atom is 0.301 e. The molecule has 1 rings (SSSR count). The highest BCUT2D eigenvalue weighted by Gasteiger charge is 2.20. The third-order valence-electron chi connectivity index (χ3n) is 2.33. The summed E-state index contributed by atoms with van der Waals surface area (Å²) in [5.41, 5.74) is 5.43. The first kappa shape index (κ1) is 16.6. The standard InChI is InChI=1S/C10H14BrClFN3O2S/c1-16(4-2-3-14)19(17,18)15-10-8(11)5-7(13)6-9(10)12/h5-6,15H,2-4,14H2,1H3. The number of halogens is 3. The molecule has 0 spiro atoms. The lowest BCUT2D eigenvalue weighted by molar-refractivity contribution is 0.468. The molecule has 0 saturated carbocycles.